The lowest BCUT2D eigenvalue weighted by Crippen LogP contribution is -2.38. The number of amides is 2. The number of aromatic amines is 1. The third-order valence-electron chi connectivity index (χ3n) is 3.55. The number of nitrogens with one attached hydrogen (secondary N) is 2. The topological polar surface area (TPSA) is 65.2 Å². The summed E-state index contributed by atoms with van der Waals surface area (Å²) in [6.07, 6.45) is 2.76. The van der Waals surface area contributed by atoms with Crippen LogP contribution < -0.4 is 5.32 Å². The van der Waals surface area contributed by atoms with Gasteiger partial charge in [0.1, 0.15) is 6.54 Å². The Balaban J connectivity index is 1.49. The van der Waals surface area contributed by atoms with Gasteiger partial charge in [-0.1, -0.05) is 18.2 Å². The van der Waals surface area contributed by atoms with Gasteiger partial charge in [-0.2, -0.15) is 0 Å². The molecule has 6 heteroatoms. The van der Waals surface area contributed by atoms with E-state index in [0.717, 1.165) is 11.9 Å². The fourth-order valence-corrected chi connectivity index (χ4v) is 3.35. The molecule has 1 aromatic heterocycles. The standard InChI is InChI=1S/C15H17N3O2S/c19-14(8-18-10-21-9-15(18)20)16-6-5-11-7-17-13-4-2-1-3-12(11)13/h1-4,7,17H,5-6,8-10H2,(H,16,19). The van der Waals surface area contributed by atoms with Crippen LogP contribution in [-0.4, -0.2) is 46.4 Å². The molecular formula is C15H17N3O2S. The summed E-state index contributed by atoms with van der Waals surface area (Å²) in [4.78, 5) is 28.1. The highest BCUT2D eigenvalue weighted by Crippen LogP contribution is 2.17. The van der Waals surface area contributed by atoms with E-state index in [1.54, 1.807) is 16.7 Å². The van der Waals surface area contributed by atoms with E-state index in [4.69, 9.17) is 0 Å². The van der Waals surface area contributed by atoms with Gasteiger partial charge >= 0.3 is 0 Å². The molecule has 3 rings (SSSR count). The van der Waals surface area contributed by atoms with Crippen molar-refractivity contribution >= 4 is 34.5 Å². The van der Waals surface area contributed by atoms with E-state index in [9.17, 15) is 9.59 Å². The van der Waals surface area contributed by atoms with Crippen LogP contribution in [0.2, 0.25) is 0 Å². The fraction of sp³-hybridized carbons (Fsp3) is 0.333. The Kier molecular flexibility index (Phi) is 4.15. The van der Waals surface area contributed by atoms with E-state index in [-0.39, 0.29) is 18.4 Å². The maximum Gasteiger partial charge on any atom is 0.239 e. The Hall–Kier alpha value is -1.95. The number of thioether (sulfide) groups is 1. The highest BCUT2D eigenvalue weighted by molar-refractivity contribution is 8.00. The molecule has 1 aliphatic rings. The average molecular weight is 303 g/mol. The maximum absolute atomic E-state index is 11.8. The Morgan fingerprint density at radius 2 is 2.24 bits per heavy atom. The molecule has 1 aliphatic heterocycles. The molecule has 2 amide bonds. The number of aromatic nitrogens is 1. The Bertz CT molecular complexity index is 668. The lowest BCUT2D eigenvalue weighted by atomic mass is 10.1. The number of benzene rings is 1. The zero-order valence-corrected chi connectivity index (χ0v) is 12.4. The van der Waals surface area contributed by atoms with Gasteiger partial charge in [-0.25, -0.2) is 0 Å². The second-order valence-corrected chi connectivity index (χ2v) is 5.98. The van der Waals surface area contributed by atoms with Crippen LogP contribution in [0.15, 0.2) is 30.5 Å². The molecule has 0 unspecified atom stereocenters. The molecule has 2 N–H and O–H groups in total. The summed E-state index contributed by atoms with van der Waals surface area (Å²) < 4.78 is 0. The van der Waals surface area contributed by atoms with Crippen molar-refractivity contribution in [2.45, 2.75) is 6.42 Å². The first-order chi connectivity index (χ1) is 10.2. The van der Waals surface area contributed by atoms with Gasteiger partial charge in [-0.3, -0.25) is 9.59 Å². The summed E-state index contributed by atoms with van der Waals surface area (Å²) in [6.45, 7) is 0.746. The van der Waals surface area contributed by atoms with Crippen LogP contribution in [0.1, 0.15) is 5.56 Å². The van der Waals surface area contributed by atoms with E-state index in [1.807, 2.05) is 24.4 Å². The van der Waals surface area contributed by atoms with Crippen molar-refractivity contribution in [2.24, 2.45) is 0 Å². The predicted molar refractivity (Wildman–Crippen MR) is 84.1 cm³/mol. The Morgan fingerprint density at radius 3 is 3.05 bits per heavy atom. The molecule has 0 saturated carbocycles. The van der Waals surface area contributed by atoms with Crippen molar-refractivity contribution in [3.63, 3.8) is 0 Å². The molecule has 110 valence electrons. The minimum atomic E-state index is -0.0920. The van der Waals surface area contributed by atoms with E-state index in [2.05, 4.69) is 16.4 Å². The van der Waals surface area contributed by atoms with Crippen molar-refractivity contribution < 1.29 is 9.59 Å². The number of carbonyl (C=O) groups excluding carboxylic acids is 2. The van der Waals surface area contributed by atoms with Crippen molar-refractivity contribution in [2.75, 3.05) is 24.7 Å². The van der Waals surface area contributed by atoms with Crippen LogP contribution in [0, 0.1) is 0 Å². The van der Waals surface area contributed by atoms with Crippen LogP contribution in [0.5, 0.6) is 0 Å². The van der Waals surface area contributed by atoms with Crippen molar-refractivity contribution in [3.8, 4) is 0 Å². The summed E-state index contributed by atoms with van der Waals surface area (Å²) in [5, 5.41) is 4.07. The molecule has 1 fully saturated rings. The number of para-hydroxylation sites is 1. The SMILES string of the molecule is O=C(CN1CSCC1=O)NCCc1c[nH]c2ccccc12. The number of carbonyl (C=O) groups is 2. The van der Waals surface area contributed by atoms with E-state index in [1.165, 1.54) is 10.9 Å². The van der Waals surface area contributed by atoms with E-state index in [0.29, 0.717) is 18.2 Å². The van der Waals surface area contributed by atoms with Gasteiger partial charge in [-0.05, 0) is 18.1 Å². The maximum atomic E-state index is 11.8. The average Bonchev–Trinajstić information content (AvgIpc) is 3.07. The lowest BCUT2D eigenvalue weighted by molar-refractivity contribution is -0.132. The molecule has 21 heavy (non-hydrogen) atoms. The predicted octanol–water partition coefficient (Wildman–Crippen LogP) is 1.36. The zero-order chi connectivity index (χ0) is 14.7. The highest BCUT2D eigenvalue weighted by atomic mass is 32.2. The lowest BCUT2D eigenvalue weighted by Gasteiger charge is -2.14. The fourth-order valence-electron chi connectivity index (χ4n) is 2.44. The van der Waals surface area contributed by atoms with Crippen molar-refractivity contribution in [1.82, 2.24) is 15.2 Å². The number of hydrogen-bond acceptors (Lipinski definition) is 3. The Morgan fingerprint density at radius 1 is 1.38 bits per heavy atom. The minimum Gasteiger partial charge on any atom is -0.361 e. The van der Waals surface area contributed by atoms with Gasteiger partial charge < -0.3 is 15.2 Å². The van der Waals surface area contributed by atoms with Crippen molar-refractivity contribution in [3.05, 3.63) is 36.0 Å². The molecule has 0 atom stereocenters. The molecular weight excluding hydrogens is 286 g/mol. The monoisotopic (exact) mass is 303 g/mol. The normalized spacial score (nSPS) is 14.9. The number of nitrogens with zero attached hydrogens (tertiary/aromatic N) is 1. The molecule has 2 aromatic rings. The molecule has 0 aliphatic carbocycles. The smallest absolute Gasteiger partial charge is 0.239 e. The molecule has 1 saturated heterocycles. The summed E-state index contributed by atoms with van der Waals surface area (Å²) in [5.41, 5.74) is 2.30. The van der Waals surface area contributed by atoms with E-state index >= 15 is 0 Å². The molecule has 2 heterocycles. The summed E-state index contributed by atoms with van der Waals surface area (Å²) in [7, 11) is 0. The highest BCUT2D eigenvalue weighted by Gasteiger charge is 2.22. The molecule has 0 spiro atoms. The van der Waals surface area contributed by atoms with Crippen LogP contribution >= 0.6 is 11.8 Å². The minimum absolute atomic E-state index is 0.0479. The summed E-state index contributed by atoms with van der Waals surface area (Å²) >= 11 is 1.55. The van der Waals surface area contributed by atoms with Crippen molar-refractivity contribution in [1.29, 1.82) is 0 Å². The van der Waals surface area contributed by atoms with Crippen LogP contribution in [0.4, 0.5) is 0 Å². The second-order valence-electron chi connectivity index (χ2n) is 5.03. The van der Waals surface area contributed by atoms with Crippen LogP contribution in [0.25, 0.3) is 10.9 Å². The van der Waals surface area contributed by atoms with Crippen LogP contribution in [0.3, 0.4) is 0 Å². The Labute approximate surface area is 127 Å². The number of hydrogen-bond donors (Lipinski definition) is 2. The quantitative estimate of drug-likeness (QED) is 0.876. The molecule has 0 radical (unpaired) electrons. The summed E-state index contributed by atoms with van der Waals surface area (Å²) in [6, 6.07) is 8.11. The van der Waals surface area contributed by atoms with E-state index < -0.39 is 0 Å². The molecule has 0 bridgehead atoms. The van der Waals surface area contributed by atoms with Gasteiger partial charge in [-0.15, -0.1) is 11.8 Å². The first-order valence-electron chi connectivity index (χ1n) is 6.91. The van der Waals surface area contributed by atoms with Gasteiger partial charge in [0.05, 0.1) is 11.6 Å². The van der Waals surface area contributed by atoms with Gasteiger partial charge in [0, 0.05) is 23.6 Å². The first-order valence-corrected chi connectivity index (χ1v) is 8.07. The third-order valence-corrected chi connectivity index (χ3v) is 4.50. The summed E-state index contributed by atoms with van der Waals surface area (Å²) in [5.74, 6) is 1.06. The second kappa shape index (κ2) is 6.22. The van der Waals surface area contributed by atoms with Crippen LogP contribution in [-0.2, 0) is 16.0 Å². The molecule has 5 nitrogen and oxygen atoms in total. The number of fused-ring (bicyclic) bond motifs is 1. The third kappa shape index (κ3) is 3.21. The zero-order valence-electron chi connectivity index (χ0n) is 11.6. The number of H-pyrrole nitrogens is 1. The van der Waals surface area contributed by atoms with Gasteiger partial charge in [0.2, 0.25) is 11.8 Å². The number of rotatable bonds is 5. The molecule has 1 aromatic carbocycles. The van der Waals surface area contributed by atoms with Gasteiger partial charge in [0.25, 0.3) is 0 Å². The largest absolute Gasteiger partial charge is 0.361 e. The first kappa shape index (κ1) is 14.0. The van der Waals surface area contributed by atoms with Gasteiger partial charge in [0.15, 0.2) is 0 Å².